The van der Waals surface area contributed by atoms with Crippen LogP contribution < -0.4 is 5.73 Å². The van der Waals surface area contributed by atoms with Gasteiger partial charge in [-0.25, -0.2) is 0 Å². The topological polar surface area (TPSA) is 32.5 Å². The van der Waals surface area contributed by atoms with Crippen molar-refractivity contribution in [3.63, 3.8) is 0 Å². The average Bonchev–Trinajstić information content (AvgIpc) is 2.85. The monoisotopic (exact) mass is 313 g/mol. The Bertz CT molecular complexity index is 536. The summed E-state index contributed by atoms with van der Waals surface area (Å²) in [5.74, 6) is 0. The molecule has 2 heterocycles. The number of nitrogens with zero attached hydrogens (tertiary/aromatic N) is 2. The molecule has 2 aliphatic heterocycles. The predicted octanol–water partition coefficient (Wildman–Crippen LogP) is 2.62. The van der Waals surface area contributed by atoms with E-state index in [1.54, 1.807) is 6.07 Å². The second-order valence-electron chi connectivity index (χ2n) is 6.33. The van der Waals surface area contributed by atoms with E-state index in [-0.39, 0.29) is 6.04 Å². The molecule has 2 N–H and O–H groups in total. The van der Waals surface area contributed by atoms with Crippen LogP contribution in [0.4, 0.5) is 13.2 Å². The van der Waals surface area contributed by atoms with E-state index >= 15 is 0 Å². The molecule has 22 heavy (non-hydrogen) atoms. The van der Waals surface area contributed by atoms with Crippen molar-refractivity contribution in [1.29, 1.82) is 0 Å². The van der Waals surface area contributed by atoms with Gasteiger partial charge in [-0.15, -0.1) is 0 Å². The van der Waals surface area contributed by atoms with Gasteiger partial charge in [0.25, 0.3) is 0 Å². The van der Waals surface area contributed by atoms with Crippen molar-refractivity contribution in [2.24, 2.45) is 5.73 Å². The molecule has 1 aromatic carbocycles. The van der Waals surface area contributed by atoms with E-state index < -0.39 is 11.7 Å². The molecule has 0 aliphatic carbocycles. The zero-order valence-corrected chi connectivity index (χ0v) is 12.7. The maximum Gasteiger partial charge on any atom is 0.416 e. The Morgan fingerprint density at radius 2 is 1.91 bits per heavy atom. The fourth-order valence-corrected chi connectivity index (χ4v) is 3.80. The van der Waals surface area contributed by atoms with Gasteiger partial charge >= 0.3 is 6.18 Å². The van der Waals surface area contributed by atoms with Crippen LogP contribution in [0.3, 0.4) is 0 Å². The first-order valence-corrected chi connectivity index (χ1v) is 7.75. The molecule has 0 saturated carbocycles. The zero-order chi connectivity index (χ0) is 15.9. The number of likely N-dealkylation sites (tertiary alicyclic amines) is 1. The molecular weight excluding hydrogens is 291 g/mol. The van der Waals surface area contributed by atoms with Gasteiger partial charge in [-0.05, 0) is 50.2 Å². The van der Waals surface area contributed by atoms with Crippen molar-refractivity contribution in [2.75, 3.05) is 26.7 Å². The van der Waals surface area contributed by atoms with Gasteiger partial charge < -0.3 is 10.6 Å². The maximum atomic E-state index is 13.2. The Labute approximate surface area is 128 Å². The van der Waals surface area contributed by atoms with E-state index in [1.165, 1.54) is 12.1 Å². The molecular formula is C16H22F3N3. The summed E-state index contributed by atoms with van der Waals surface area (Å²) in [6.45, 7) is 2.70. The van der Waals surface area contributed by atoms with Gasteiger partial charge in [-0.3, -0.25) is 4.90 Å². The molecule has 1 aromatic rings. The molecule has 1 atom stereocenters. The highest BCUT2D eigenvalue weighted by molar-refractivity contribution is 5.42. The van der Waals surface area contributed by atoms with E-state index in [0.717, 1.165) is 31.5 Å². The molecule has 3 nitrogen and oxygen atoms in total. The average molecular weight is 313 g/mol. The van der Waals surface area contributed by atoms with Crippen LogP contribution in [-0.2, 0) is 12.7 Å². The van der Waals surface area contributed by atoms with E-state index in [2.05, 4.69) is 16.8 Å². The van der Waals surface area contributed by atoms with Crippen molar-refractivity contribution in [2.45, 2.75) is 37.6 Å². The van der Waals surface area contributed by atoms with Crippen LogP contribution in [0.1, 0.15) is 35.6 Å². The molecule has 6 heteroatoms. The quantitative estimate of drug-likeness (QED) is 0.911. The molecule has 2 aliphatic rings. The van der Waals surface area contributed by atoms with Crippen LogP contribution in [0.15, 0.2) is 18.2 Å². The van der Waals surface area contributed by atoms with Crippen molar-refractivity contribution in [3.8, 4) is 0 Å². The fourth-order valence-electron chi connectivity index (χ4n) is 3.80. The highest BCUT2D eigenvalue weighted by Crippen LogP contribution is 2.43. The lowest BCUT2D eigenvalue weighted by Gasteiger charge is -2.38. The first-order valence-electron chi connectivity index (χ1n) is 7.75. The SMILES string of the molecule is CN1CCC(N2Cc3c(cccc3C(F)(F)F)C2CN)CC1. The number of benzene rings is 1. The van der Waals surface area contributed by atoms with Crippen LogP contribution in [-0.4, -0.2) is 42.5 Å². The molecule has 1 saturated heterocycles. The lowest BCUT2D eigenvalue weighted by atomic mass is 9.99. The lowest BCUT2D eigenvalue weighted by molar-refractivity contribution is -0.138. The number of hydrogen-bond donors (Lipinski definition) is 1. The van der Waals surface area contributed by atoms with Gasteiger partial charge in [0.15, 0.2) is 0 Å². The summed E-state index contributed by atoms with van der Waals surface area (Å²) in [5.41, 5.74) is 6.58. The minimum atomic E-state index is -4.30. The van der Waals surface area contributed by atoms with Crippen molar-refractivity contribution >= 4 is 0 Å². The summed E-state index contributed by atoms with van der Waals surface area (Å²) in [6.07, 6.45) is -2.32. The van der Waals surface area contributed by atoms with Crippen molar-refractivity contribution < 1.29 is 13.2 Å². The number of piperidine rings is 1. The van der Waals surface area contributed by atoms with Gasteiger partial charge in [-0.1, -0.05) is 12.1 Å². The van der Waals surface area contributed by atoms with E-state index in [9.17, 15) is 13.2 Å². The second kappa shape index (κ2) is 5.83. The number of fused-ring (bicyclic) bond motifs is 1. The largest absolute Gasteiger partial charge is 0.416 e. The van der Waals surface area contributed by atoms with Crippen LogP contribution in [0.25, 0.3) is 0 Å². The number of nitrogens with two attached hydrogens (primary N) is 1. The highest BCUT2D eigenvalue weighted by atomic mass is 19.4. The first kappa shape index (κ1) is 15.8. The number of halogens is 3. The molecule has 0 radical (unpaired) electrons. The number of hydrogen-bond acceptors (Lipinski definition) is 3. The first-order chi connectivity index (χ1) is 10.4. The third-order valence-corrected chi connectivity index (χ3v) is 5.00. The van der Waals surface area contributed by atoms with Crippen LogP contribution in [0, 0.1) is 0 Å². The van der Waals surface area contributed by atoms with Gasteiger partial charge in [-0.2, -0.15) is 13.2 Å². The normalized spacial score (nSPS) is 24.7. The Morgan fingerprint density at radius 1 is 1.23 bits per heavy atom. The highest BCUT2D eigenvalue weighted by Gasteiger charge is 2.41. The second-order valence-corrected chi connectivity index (χ2v) is 6.33. The van der Waals surface area contributed by atoms with E-state index in [0.29, 0.717) is 24.7 Å². The molecule has 0 amide bonds. The Kier molecular flexibility index (Phi) is 4.18. The van der Waals surface area contributed by atoms with E-state index in [1.807, 2.05) is 0 Å². The molecule has 122 valence electrons. The van der Waals surface area contributed by atoms with Gasteiger partial charge in [0, 0.05) is 25.2 Å². The van der Waals surface area contributed by atoms with Crippen molar-refractivity contribution in [1.82, 2.24) is 9.80 Å². The standard InChI is InChI=1S/C16H22F3N3/c1-21-7-5-11(6-8-21)22-10-13-12(15(22)9-20)3-2-4-14(13)16(17,18)19/h2-4,11,15H,5-10,20H2,1H3. The summed E-state index contributed by atoms with van der Waals surface area (Å²) in [5, 5.41) is 0. The molecule has 1 unspecified atom stereocenters. The molecule has 0 aromatic heterocycles. The van der Waals surface area contributed by atoms with Crippen LogP contribution in [0.2, 0.25) is 0 Å². The minimum Gasteiger partial charge on any atom is -0.329 e. The van der Waals surface area contributed by atoms with Gasteiger partial charge in [0.2, 0.25) is 0 Å². The predicted molar refractivity (Wildman–Crippen MR) is 79.3 cm³/mol. The lowest BCUT2D eigenvalue weighted by Crippen LogP contribution is -2.44. The fraction of sp³-hybridized carbons (Fsp3) is 0.625. The molecule has 1 fully saturated rings. The summed E-state index contributed by atoms with van der Waals surface area (Å²) in [6, 6.07) is 4.72. The van der Waals surface area contributed by atoms with Crippen molar-refractivity contribution in [3.05, 3.63) is 34.9 Å². The number of alkyl halides is 3. The summed E-state index contributed by atoms with van der Waals surface area (Å²) < 4.78 is 39.7. The van der Waals surface area contributed by atoms with E-state index in [4.69, 9.17) is 5.73 Å². The van der Waals surface area contributed by atoms with Gasteiger partial charge in [0.1, 0.15) is 0 Å². The van der Waals surface area contributed by atoms with Gasteiger partial charge in [0.05, 0.1) is 5.56 Å². The summed E-state index contributed by atoms with van der Waals surface area (Å²) >= 11 is 0. The Morgan fingerprint density at radius 3 is 2.50 bits per heavy atom. The Hall–Kier alpha value is -1.11. The smallest absolute Gasteiger partial charge is 0.329 e. The third-order valence-electron chi connectivity index (χ3n) is 5.00. The molecule has 0 bridgehead atoms. The van der Waals surface area contributed by atoms with Crippen LogP contribution >= 0.6 is 0 Å². The maximum absolute atomic E-state index is 13.2. The summed E-state index contributed by atoms with van der Waals surface area (Å²) in [7, 11) is 2.08. The molecule has 0 spiro atoms. The minimum absolute atomic E-state index is 0.0919. The Balaban J connectivity index is 1.90. The molecule has 3 rings (SSSR count). The number of rotatable bonds is 2. The third kappa shape index (κ3) is 2.75. The summed E-state index contributed by atoms with van der Waals surface area (Å²) in [4.78, 5) is 4.45. The van der Waals surface area contributed by atoms with Crippen LogP contribution in [0.5, 0.6) is 0 Å². The zero-order valence-electron chi connectivity index (χ0n) is 12.7.